The van der Waals surface area contributed by atoms with Crippen LogP contribution < -0.4 is 5.32 Å². The molecule has 0 radical (unpaired) electrons. The number of carbonyl (C=O) groups excluding carboxylic acids is 1. The second-order valence-electron chi connectivity index (χ2n) is 6.36. The van der Waals surface area contributed by atoms with Crippen molar-refractivity contribution in [1.29, 1.82) is 5.26 Å². The van der Waals surface area contributed by atoms with Gasteiger partial charge in [0.1, 0.15) is 0 Å². The molecule has 0 unspecified atom stereocenters. The Balaban J connectivity index is 1.73. The highest BCUT2D eigenvalue weighted by atomic mass is 16.2. The highest BCUT2D eigenvalue weighted by Gasteiger charge is 2.45. The molecule has 1 saturated heterocycles. The summed E-state index contributed by atoms with van der Waals surface area (Å²) in [5, 5.41) is 16.7. The van der Waals surface area contributed by atoms with Gasteiger partial charge in [0.15, 0.2) is 0 Å². The van der Waals surface area contributed by atoms with E-state index in [1.165, 1.54) is 0 Å². The van der Waals surface area contributed by atoms with E-state index in [0.29, 0.717) is 12.8 Å². The van der Waals surface area contributed by atoms with Crippen molar-refractivity contribution in [3.63, 3.8) is 0 Å². The highest BCUT2D eigenvalue weighted by Crippen LogP contribution is 2.48. The lowest BCUT2D eigenvalue weighted by atomic mass is 10.0. The molecule has 2 heterocycles. The largest absolute Gasteiger partial charge is 0.336 e. The van der Waals surface area contributed by atoms with Crippen molar-refractivity contribution in [2.75, 3.05) is 13.6 Å². The lowest BCUT2D eigenvalue weighted by Gasteiger charge is -2.27. The molecule has 1 amide bonds. The van der Waals surface area contributed by atoms with E-state index in [2.05, 4.69) is 16.5 Å². The molecule has 2 atom stereocenters. The number of amides is 1. The van der Waals surface area contributed by atoms with Crippen molar-refractivity contribution < 1.29 is 4.79 Å². The van der Waals surface area contributed by atoms with Crippen LogP contribution in [0.25, 0.3) is 0 Å². The van der Waals surface area contributed by atoms with Crippen LogP contribution >= 0.6 is 0 Å². The number of aromatic nitrogens is 2. The predicted octanol–water partition coefficient (Wildman–Crippen LogP) is 0.975. The Morgan fingerprint density at radius 1 is 1.52 bits per heavy atom. The van der Waals surface area contributed by atoms with Crippen molar-refractivity contribution in [2.45, 2.75) is 37.8 Å². The third-order valence-corrected chi connectivity index (χ3v) is 4.90. The zero-order chi connectivity index (χ0) is 15.0. The normalized spacial score (nSPS) is 26.9. The van der Waals surface area contributed by atoms with Crippen LogP contribution in [0.15, 0.2) is 12.3 Å². The van der Waals surface area contributed by atoms with E-state index >= 15 is 0 Å². The summed E-state index contributed by atoms with van der Waals surface area (Å²) in [5.74, 6) is 0.156. The number of hydrogen-bond donors (Lipinski definition) is 1. The molecule has 1 aromatic rings. The summed E-state index contributed by atoms with van der Waals surface area (Å²) in [5.41, 5.74) is 1.20. The van der Waals surface area contributed by atoms with Crippen molar-refractivity contribution in [3.05, 3.63) is 18.0 Å². The number of nitriles is 1. The smallest absolute Gasteiger partial charge is 0.224 e. The fourth-order valence-corrected chi connectivity index (χ4v) is 3.24. The summed E-state index contributed by atoms with van der Waals surface area (Å²) in [7, 11) is 3.75. The van der Waals surface area contributed by atoms with Gasteiger partial charge in [0, 0.05) is 45.7 Å². The first-order valence-electron chi connectivity index (χ1n) is 7.40. The molecule has 2 aliphatic rings. The lowest BCUT2D eigenvalue weighted by molar-refractivity contribution is -0.127. The van der Waals surface area contributed by atoms with E-state index in [1.807, 2.05) is 24.8 Å². The first-order valence-corrected chi connectivity index (χ1v) is 7.40. The summed E-state index contributed by atoms with van der Waals surface area (Å²) in [6, 6.07) is 4.36. The number of likely N-dealkylation sites (tertiary alicyclic amines) is 1. The van der Waals surface area contributed by atoms with E-state index in [0.717, 1.165) is 25.1 Å². The van der Waals surface area contributed by atoms with Crippen LogP contribution in [-0.4, -0.2) is 40.2 Å². The average Bonchev–Trinajstić information content (AvgIpc) is 3.01. The maximum absolute atomic E-state index is 12.1. The second-order valence-corrected chi connectivity index (χ2v) is 6.36. The van der Waals surface area contributed by atoms with E-state index in [-0.39, 0.29) is 23.4 Å². The van der Waals surface area contributed by atoms with Gasteiger partial charge in [-0.15, -0.1) is 0 Å². The molecule has 21 heavy (non-hydrogen) atoms. The predicted molar refractivity (Wildman–Crippen MR) is 77.0 cm³/mol. The molecule has 1 aliphatic heterocycles. The Kier molecular flexibility index (Phi) is 3.46. The minimum absolute atomic E-state index is 0.0166. The van der Waals surface area contributed by atoms with Crippen LogP contribution in [-0.2, 0) is 11.8 Å². The molecular formula is C15H21N5O. The molecule has 6 nitrogen and oxygen atoms in total. The van der Waals surface area contributed by atoms with Crippen molar-refractivity contribution in [2.24, 2.45) is 12.5 Å². The van der Waals surface area contributed by atoms with Gasteiger partial charge in [-0.3, -0.25) is 9.48 Å². The summed E-state index contributed by atoms with van der Waals surface area (Å²) < 4.78 is 1.83. The number of nitrogens with zero attached hydrogens (tertiary/aromatic N) is 4. The molecule has 112 valence electrons. The Hall–Kier alpha value is -1.87. The number of aryl methyl sites for hydroxylation is 1. The van der Waals surface area contributed by atoms with E-state index in [4.69, 9.17) is 5.26 Å². The summed E-state index contributed by atoms with van der Waals surface area (Å²) in [6.45, 7) is 0.820. The summed E-state index contributed by atoms with van der Waals surface area (Å²) >= 11 is 0. The molecule has 1 aliphatic carbocycles. The number of likely N-dealkylation sites (N-methyl/N-ethyl adjacent to an activating group) is 1. The van der Waals surface area contributed by atoms with Gasteiger partial charge < -0.3 is 10.2 Å². The number of carbonyl (C=O) groups is 1. The Morgan fingerprint density at radius 2 is 2.29 bits per heavy atom. The molecule has 6 heteroatoms. The van der Waals surface area contributed by atoms with Crippen molar-refractivity contribution in [1.82, 2.24) is 20.0 Å². The molecule has 0 aromatic carbocycles. The molecule has 1 N–H and O–H groups in total. The van der Waals surface area contributed by atoms with Crippen LogP contribution in [0.3, 0.4) is 0 Å². The van der Waals surface area contributed by atoms with Gasteiger partial charge in [-0.2, -0.15) is 10.4 Å². The first-order chi connectivity index (χ1) is 10.1. The van der Waals surface area contributed by atoms with Crippen LogP contribution in [0, 0.1) is 16.7 Å². The third-order valence-electron chi connectivity index (χ3n) is 4.90. The molecule has 1 aromatic heterocycles. The molecular weight excluding hydrogens is 266 g/mol. The number of nitrogens with one attached hydrogen (secondary N) is 1. The highest BCUT2D eigenvalue weighted by molar-refractivity contribution is 5.80. The van der Waals surface area contributed by atoms with Crippen LogP contribution in [0.4, 0.5) is 0 Å². The van der Waals surface area contributed by atoms with Gasteiger partial charge >= 0.3 is 0 Å². The second kappa shape index (κ2) is 5.15. The minimum atomic E-state index is 0.0166. The van der Waals surface area contributed by atoms with Crippen LogP contribution in [0.2, 0.25) is 0 Å². The minimum Gasteiger partial charge on any atom is -0.336 e. The van der Waals surface area contributed by atoms with Crippen LogP contribution in [0.1, 0.15) is 37.4 Å². The Bertz CT molecular complexity index is 583. The van der Waals surface area contributed by atoms with E-state index in [9.17, 15) is 4.79 Å². The zero-order valence-electron chi connectivity index (χ0n) is 12.5. The van der Waals surface area contributed by atoms with Crippen LogP contribution in [0.5, 0.6) is 0 Å². The van der Waals surface area contributed by atoms with Crippen molar-refractivity contribution >= 4 is 5.91 Å². The Labute approximate surface area is 124 Å². The summed E-state index contributed by atoms with van der Waals surface area (Å²) in [4.78, 5) is 13.9. The fraction of sp³-hybridized carbons (Fsp3) is 0.667. The van der Waals surface area contributed by atoms with E-state index in [1.54, 1.807) is 11.1 Å². The molecule has 1 saturated carbocycles. The maximum atomic E-state index is 12.1. The Morgan fingerprint density at radius 3 is 2.86 bits per heavy atom. The monoisotopic (exact) mass is 287 g/mol. The van der Waals surface area contributed by atoms with E-state index < -0.39 is 0 Å². The topological polar surface area (TPSA) is 74.0 Å². The standard InChI is InChI=1S/C15H21N5O/c1-19-13(21)9-11(14(19)12-3-8-18-20(12)2)17-10-15(4-5-15)6-7-16/h3,8,11,14,17H,4-6,9-10H2,1-2H3/t11-,14-/m1/s1. The number of hydrogen-bond acceptors (Lipinski definition) is 4. The average molecular weight is 287 g/mol. The SMILES string of the molecule is CN1C(=O)C[C@@H](NCC2(CC#N)CC2)[C@@H]1c1ccnn1C. The molecule has 3 rings (SSSR count). The van der Waals surface area contributed by atoms with Gasteiger partial charge in [-0.05, 0) is 24.3 Å². The third kappa shape index (κ3) is 2.54. The van der Waals surface area contributed by atoms with Gasteiger partial charge in [0.2, 0.25) is 5.91 Å². The molecule has 0 spiro atoms. The van der Waals surface area contributed by atoms with Gasteiger partial charge in [-0.25, -0.2) is 0 Å². The quantitative estimate of drug-likeness (QED) is 0.876. The maximum Gasteiger partial charge on any atom is 0.224 e. The molecule has 0 bridgehead atoms. The fourth-order valence-electron chi connectivity index (χ4n) is 3.24. The van der Waals surface area contributed by atoms with Crippen molar-refractivity contribution in [3.8, 4) is 6.07 Å². The zero-order valence-corrected chi connectivity index (χ0v) is 12.5. The van der Waals surface area contributed by atoms with Gasteiger partial charge in [0.05, 0.1) is 17.8 Å². The number of rotatable bonds is 5. The van der Waals surface area contributed by atoms with Gasteiger partial charge in [-0.1, -0.05) is 0 Å². The first kappa shape index (κ1) is 14.1. The summed E-state index contributed by atoms with van der Waals surface area (Å²) in [6.07, 6.45) is 5.10. The lowest BCUT2D eigenvalue weighted by Crippen LogP contribution is -2.39. The molecule has 2 fully saturated rings. The van der Waals surface area contributed by atoms with Gasteiger partial charge in [0.25, 0.3) is 0 Å².